The molecule has 0 bridgehead atoms. The van der Waals surface area contributed by atoms with Crippen molar-refractivity contribution >= 4 is 16.0 Å². The Balaban J connectivity index is 4.51. The first-order valence-corrected chi connectivity index (χ1v) is 6.00. The van der Waals surface area contributed by atoms with Crippen LogP contribution in [0.5, 0.6) is 0 Å². The molecule has 2 N–H and O–H groups in total. The van der Waals surface area contributed by atoms with Crippen molar-refractivity contribution in [1.29, 1.82) is 5.26 Å². The second kappa shape index (κ2) is 5.09. The molecule has 7 heteroatoms. The van der Waals surface area contributed by atoms with Crippen LogP contribution in [-0.4, -0.2) is 31.8 Å². The van der Waals surface area contributed by atoms with Gasteiger partial charge in [-0.05, 0) is 13.3 Å². The van der Waals surface area contributed by atoms with Gasteiger partial charge in [-0.3, -0.25) is 4.79 Å². The Bertz CT molecular complexity index is 371. The summed E-state index contributed by atoms with van der Waals surface area (Å²) in [6.45, 7) is 2.90. The summed E-state index contributed by atoms with van der Waals surface area (Å²) in [7, 11) is -3.68. The Morgan fingerprint density at radius 3 is 2.47 bits per heavy atom. The van der Waals surface area contributed by atoms with E-state index in [1.165, 1.54) is 13.0 Å². The van der Waals surface area contributed by atoms with Crippen LogP contribution in [0, 0.1) is 16.7 Å². The molecule has 0 radical (unpaired) electrons. The zero-order valence-corrected chi connectivity index (χ0v) is 9.47. The zero-order valence-electron chi connectivity index (χ0n) is 8.65. The average molecular weight is 234 g/mol. The number of nitriles is 1. The third-order valence-electron chi connectivity index (χ3n) is 2.23. The number of nitrogens with one attached hydrogen (secondary N) is 1. The Morgan fingerprint density at radius 1 is 1.60 bits per heavy atom. The van der Waals surface area contributed by atoms with Crippen molar-refractivity contribution in [3.05, 3.63) is 0 Å². The largest absolute Gasteiger partial charge is 0.481 e. The van der Waals surface area contributed by atoms with Crippen LogP contribution in [0.1, 0.15) is 20.3 Å². The Morgan fingerprint density at radius 2 is 2.13 bits per heavy atom. The first-order chi connectivity index (χ1) is 6.77. The van der Waals surface area contributed by atoms with Gasteiger partial charge in [0.25, 0.3) is 0 Å². The molecule has 0 aromatic carbocycles. The quantitative estimate of drug-likeness (QED) is 0.669. The second-order valence-corrected chi connectivity index (χ2v) is 5.26. The molecular formula is C8H14N2O4S. The maximum absolute atomic E-state index is 11.1. The number of sulfonamides is 1. The van der Waals surface area contributed by atoms with Gasteiger partial charge in [0.05, 0.1) is 11.5 Å². The Hall–Kier alpha value is -1.13. The number of nitrogens with zero attached hydrogens (tertiary/aromatic N) is 1. The van der Waals surface area contributed by atoms with Gasteiger partial charge in [-0.25, -0.2) is 13.1 Å². The monoisotopic (exact) mass is 234 g/mol. The summed E-state index contributed by atoms with van der Waals surface area (Å²) in [5.41, 5.74) is -1.14. The van der Waals surface area contributed by atoms with Gasteiger partial charge >= 0.3 is 5.97 Å². The summed E-state index contributed by atoms with van der Waals surface area (Å²) < 4.78 is 24.3. The molecule has 0 aliphatic heterocycles. The molecule has 0 amide bonds. The predicted octanol–water partition coefficient (Wildman–Crippen LogP) is -0.0697. The van der Waals surface area contributed by atoms with Crippen LogP contribution >= 0.6 is 0 Å². The third-order valence-corrected chi connectivity index (χ3v) is 3.33. The highest BCUT2D eigenvalue weighted by Crippen LogP contribution is 2.20. The fraction of sp³-hybridized carbons (Fsp3) is 0.750. The van der Waals surface area contributed by atoms with Gasteiger partial charge in [0.15, 0.2) is 5.75 Å². The lowest BCUT2D eigenvalue weighted by Crippen LogP contribution is -2.41. The number of carboxylic acids is 1. The molecule has 6 nitrogen and oxygen atoms in total. The van der Waals surface area contributed by atoms with Gasteiger partial charge in [-0.2, -0.15) is 5.26 Å². The molecule has 0 aliphatic carbocycles. The summed E-state index contributed by atoms with van der Waals surface area (Å²) in [5, 5.41) is 17.1. The van der Waals surface area contributed by atoms with E-state index in [0.29, 0.717) is 6.42 Å². The van der Waals surface area contributed by atoms with Crippen molar-refractivity contribution in [2.45, 2.75) is 20.3 Å². The molecule has 0 spiro atoms. The average Bonchev–Trinajstić information content (AvgIpc) is 2.14. The van der Waals surface area contributed by atoms with Crippen LogP contribution in [0.25, 0.3) is 0 Å². The molecule has 0 heterocycles. The van der Waals surface area contributed by atoms with E-state index in [0.717, 1.165) is 0 Å². The minimum Gasteiger partial charge on any atom is -0.481 e. The van der Waals surface area contributed by atoms with Crippen molar-refractivity contribution in [3.63, 3.8) is 0 Å². The van der Waals surface area contributed by atoms with E-state index >= 15 is 0 Å². The van der Waals surface area contributed by atoms with E-state index in [1.807, 2.05) is 0 Å². The fourth-order valence-corrected chi connectivity index (χ4v) is 1.57. The van der Waals surface area contributed by atoms with Crippen LogP contribution in [-0.2, 0) is 14.8 Å². The lowest BCUT2D eigenvalue weighted by atomic mass is 9.88. The standard InChI is InChI=1S/C8H14N2O4S/c1-3-8(2,7(11)12)6-10-15(13,14)5-4-9/h10H,3,5-6H2,1-2H3,(H,11,12). The molecule has 0 rings (SSSR count). The minimum absolute atomic E-state index is 0.206. The summed E-state index contributed by atoms with van der Waals surface area (Å²) in [6, 6.07) is 1.49. The Labute approximate surface area is 89.0 Å². The summed E-state index contributed by atoms with van der Waals surface area (Å²) in [5.74, 6) is -1.73. The van der Waals surface area contributed by atoms with Gasteiger partial charge in [0.2, 0.25) is 10.0 Å². The van der Waals surface area contributed by atoms with Crippen LogP contribution in [0.4, 0.5) is 0 Å². The van der Waals surface area contributed by atoms with Crippen molar-refractivity contribution < 1.29 is 18.3 Å². The SMILES string of the molecule is CCC(C)(CNS(=O)(=O)CC#N)C(=O)O. The third kappa shape index (κ3) is 4.27. The maximum Gasteiger partial charge on any atom is 0.310 e. The lowest BCUT2D eigenvalue weighted by Gasteiger charge is -2.22. The lowest BCUT2D eigenvalue weighted by molar-refractivity contribution is -0.147. The number of rotatable bonds is 6. The number of hydrogen-bond donors (Lipinski definition) is 2. The summed E-state index contributed by atoms with van der Waals surface area (Å²) in [6.07, 6.45) is 0.303. The van der Waals surface area contributed by atoms with Gasteiger partial charge in [-0.1, -0.05) is 6.92 Å². The minimum atomic E-state index is -3.68. The first-order valence-electron chi connectivity index (χ1n) is 4.35. The molecule has 15 heavy (non-hydrogen) atoms. The number of aliphatic carboxylic acids is 1. The predicted molar refractivity (Wildman–Crippen MR) is 53.4 cm³/mol. The maximum atomic E-state index is 11.1. The van der Waals surface area contributed by atoms with Crippen LogP contribution in [0.15, 0.2) is 0 Å². The van der Waals surface area contributed by atoms with Crippen LogP contribution in [0.2, 0.25) is 0 Å². The van der Waals surface area contributed by atoms with E-state index < -0.39 is 27.2 Å². The highest BCUT2D eigenvalue weighted by molar-refractivity contribution is 7.89. The van der Waals surface area contributed by atoms with E-state index in [4.69, 9.17) is 10.4 Å². The molecule has 0 saturated heterocycles. The molecule has 0 saturated carbocycles. The Kier molecular flexibility index (Phi) is 4.71. The van der Waals surface area contributed by atoms with Crippen molar-refractivity contribution in [1.82, 2.24) is 4.72 Å². The second-order valence-electron chi connectivity index (χ2n) is 3.46. The molecule has 0 aliphatic rings. The molecule has 1 unspecified atom stereocenters. The number of hydrogen-bond acceptors (Lipinski definition) is 4. The van der Waals surface area contributed by atoms with Crippen molar-refractivity contribution in [2.75, 3.05) is 12.3 Å². The first kappa shape index (κ1) is 13.9. The fourth-order valence-electron chi connectivity index (χ4n) is 0.757. The van der Waals surface area contributed by atoms with Crippen molar-refractivity contribution in [2.24, 2.45) is 5.41 Å². The van der Waals surface area contributed by atoms with Gasteiger partial charge in [0, 0.05) is 6.54 Å². The van der Waals surface area contributed by atoms with Crippen LogP contribution in [0.3, 0.4) is 0 Å². The van der Waals surface area contributed by atoms with Gasteiger partial charge < -0.3 is 5.11 Å². The van der Waals surface area contributed by atoms with Gasteiger partial charge in [-0.15, -0.1) is 0 Å². The van der Waals surface area contributed by atoms with Crippen LogP contribution < -0.4 is 4.72 Å². The zero-order chi connectivity index (χ0) is 12.1. The summed E-state index contributed by atoms with van der Waals surface area (Å²) >= 11 is 0. The molecule has 1 atom stereocenters. The highest BCUT2D eigenvalue weighted by Gasteiger charge is 2.32. The molecular weight excluding hydrogens is 220 g/mol. The summed E-state index contributed by atoms with van der Waals surface area (Å²) in [4.78, 5) is 10.8. The van der Waals surface area contributed by atoms with E-state index in [-0.39, 0.29) is 6.54 Å². The number of carboxylic acid groups (broad SMARTS) is 1. The topological polar surface area (TPSA) is 107 Å². The number of carbonyl (C=O) groups is 1. The molecule has 0 fully saturated rings. The smallest absolute Gasteiger partial charge is 0.310 e. The molecule has 86 valence electrons. The highest BCUT2D eigenvalue weighted by atomic mass is 32.2. The van der Waals surface area contributed by atoms with E-state index in [2.05, 4.69) is 4.72 Å². The van der Waals surface area contributed by atoms with E-state index in [1.54, 1.807) is 6.92 Å². The van der Waals surface area contributed by atoms with E-state index in [9.17, 15) is 13.2 Å². The molecule has 0 aromatic rings. The van der Waals surface area contributed by atoms with Gasteiger partial charge in [0.1, 0.15) is 0 Å². The normalized spacial score (nSPS) is 15.3. The van der Waals surface area contributed by atoms with Crippen molar-refractivity contribution in [3.8, 4) is 6.07 Å². The molecule has 0 aromatic heterocycles.